The molecule has 1 saturated carbocycles. The second-order valence-corrected chi connectivity index (χ2v) is 10.6. The van der Waals surface area contributed by atoms with Crippen molar-refractivity contribution in [3.63, 3.8) is 0 Å². The highest BCUT2D eigenvalue weighted by Gasteiger charge is 2.21. The molecule has 0 heterocycles. The molecular formula is C32H38F4O. The van der Waals surface area contributed by atoms with E-state index in [1.54, 1.807) is 12.1 Å². The first kappa shape index (κ1) is 27.5. The average molecular weight is 515 g/mol. The number of ether oxygens (including phenoxy) is 1. The van der Waals surface area contributed by atoms with Gasteiger partial charge in [-0.1, -0.05) is 108 Å². The van der Waals surface area contributed by atoms with E-state index in [1.807, 2.05) is 18.2 Å². The molecule has 3 aromatic rings. The number of alkyl halides is 2. The standard InChI is InChI=1S/C32H38F4O/c1-2-3-4-5-6-7-22-8-10-23(11-9-22)12-13-24-14-17-27-25(20-24)15-18-28(31(27)34)26-16-19-30(29(33)21-26)37-32(35)36/h14-23,32H,2-13H2,1H3/t22-,23-. The van der Waals surface area contributed by atoms with Crippen LogP contribution in [0.5, 0.6) is 5.75 Å². The Morgan fingerprint density at radius 3 is 2.24 bits per heavy atom. The monoisotopic (exact) mass is 514 g/mol. The van der Waals surface area contributed by atoms with Crippen molar-refractivity contribution in [1.82, 2.24) is 0 Å². The van der Waals surface area contributed by atoms with Crippen LogP contribution in [0.15, 0.2) is 48.5 Å². The van der Waals surface area contributed by atoms with Crippen LogP contribution in [-0.2, 0) is 6.42 Å². The fraction of sp³-hybridized carbons (Fsp3) is 0.500. The van der Waals surface area contributed by atoms with Crippen molar-refractivity contribution in [1.29, 1.82) is 0 Å². The molecule has 1 nitrogen and oxygen atoms in total. The van der Waals surface area contributed by atoms with Crippen LogP contribution in [-0.4, -0.2) is 6.61 Å². The Kier molecular flexibility index (Phi) is 9.88. The van der Waals surface area contributed by atoms with Crippen LogP contribution >= 0.6 is 0 Å². The molecule has 1 fully saturated rings. The van der Waals surface area contributed by atoms with Gasteiger partial charge in [0.05, 0.1) is 0 Å². The SMILES string of the molecule is CCCCCCC[C@H]1CC[C@H](CCc2ccc3c(F)c(-c4ccc(OC(F)F)c(F)c4)ccc3c2)CC1. The lowest BCUT2D eigenvalue weighted by molar-refractivity contribution is -0.0521. The zero-order valence-corrected chi connectivity index (χ0v) is 21.8. The van der Waals surface area contributed by atoms with Gasteiger partial charge in [-0.3, -0.25) is 0 Å². The topological polar surface area (TPSA) is 9.23 Å². The van der Waals surface area contributed by atoms with E-state index >= 15 is 4.39 Å². The molecule has 4 rings (SSSR count). The number of hydrogen-bond donors (Lipinski definition) is 0. The van der Waals surface area contributed by atoms with Crippen molar-refractivity contribution in [2.24, 2.45) is 11.8 Å². The Morgan fingerprint density at radius 2 is 1.54 bits per heavy atom. The third-order valence-electron chi connectivity index (χ3n) is 8.00. The van der Waals surface area contributed by atoms with E-state index < -0.39 is 24.0 Å². The average Bonchev–Trinajstić information content (AvgIpc) is 2.89. The number of aryl methyl sites for hydroxylation is 1. The van der Waals surface area contributed by atoms with Gasteiger partial charge in [0.25, 0.3) is 0 Å². The maximum Gasteiger partial charge on any atom is 0.387 e. The number of halogens is 4. The van der Waals surface area contributed by atoms with Gasteiger partial charge in [-0.15, -0.1) is 0 Å². The Balaban J connectivity index is 1.33. The maximum atomic E-state index is 15.3. The van der Waals surface area contributed by atoms with E-state index in [0.29, 0.717) is 5.39 Å². The van der Waals surface area contributed by atoms with Crippen molar-refractivity contribution in [2.75, 3.05) is 0 Å². The molecule has 5 heteroatoms. The summed E-state index contributed by atoms with van der Waals surface area (Å²) in [5, 5.41) is 1.28. The van der Waals surface area contributed by atoms with Crippen LogP contribution in [0.4, 0.5) is 17.6 Å². The number of fused-ring (bicyclic) bond motifs is 1. The minimum absolute atomic E-state index is 0.227. The smallest absolute Gasteiger partial charge is 0.387 e. The molecule has 0 saturated heterocycles. The van der Waals surface area contributed by atoms with Gasteiger partial charge in [0.2, 0.25) is 0 Å². The molecular weight excluding hydrogens is 476 g/mol. The minimum Gasteiger partial charge on any atom is -0.432 e. The Hall–Kier alpha value is -2.56. The minimum atomic E-state index is -3.12. The van der Waals surface area contributed by atoms with Gasteiger partial charge in [0, 0.05) is 10.9 Å². The third-order valence-corrected chi connectivity index (χ3v) is 8.00. The van der Waals surface area contributed by atoms with Gasteiger partial charge in [-0.2, -0.15) is 8.78 Å². The van der Waals surface area contributed by atoms with Crippen molar-refractivity contribution >= 4 is 10.8 Å². The Morgan fingerprint density at radius 1 is 0.811 bits per heavy atom. The zero-order valence-electron chi connectivity index (χ0n) is 21.8. The molecule has 37 heavy (non-hydrogen) atoms. The fourth-order valence-corrected chi connectivity index (χ4v) is 5.80. The molecule has 0 amide bonds. The summed E-state index contributed by atoms with van der Waals surface area (Å²) in [7, 11) is 0. The summed E-state index contributed by atoms with van der Waals surface area (Å²) >= 11 is 0. The lowest BCUT2D eigenvalue weighted by Gasteiger charge is -2.28. The van der Waals surface area contributed by atoms with E-state index in [0.717, 1.165) is 35.8 Å². The summed E-state index contributed by atoms with van der Waals surface area (Å²) in [4.78, 5) is 0. The van der Waals surface area contributed by atoms with Gasteiger partial charge in [-0.05, 0) is 53.3 Å². The molecule has 0 bridgehead atoms. The number of benzene rings is 3. The van der Waals surface area contributed by atoms with E-state index in [2.05, 4.69) is 11.7 Å². The molecule has 0 spiro atoms. The number of rotatable bonds is 12. The van der Waals surface area contributed by atoms with Gasteiger partial charge in [0.15, 0.2) is 11.6 Å². The Bertz CT molecular complexity index is 1150. The van der Waals surface area contributed by atoms with Crippen molar-refractivity contribution in [2.45, 2.75) is 90.6 Å². The highest BCUT2D eigenvalue weighted by atomic mass is 19.3. The van der Waals surface area contributed by atoms with Gasteiger partial charge in [-0.25, -0.2) is 8.78 Å². The van der Waals surface area contributed by atoms with Crippen LogP contribution in [0.25, 0.3) is 21.9 Å². The zero-order chi connectivity index (χ0) is 26.2. The molecule has 0 aliphatic heterocycles. The summed E-state index contributed by atoms with van der Waals surface area (Å²) in [6.07, 6.45) is 15.7. The number of unbranched alkanes of at least 4 members (excludes halogenated alkanes) is 4. The molecule has 3 aromatic carbocycles. The third kappa shape index (κ3) is 7.49. The summed E-state index contributed by atoms with van der Waals surface area (Å²) in [5.74, 6) is -0.261. The molecule has 0 unspecified atom stereocenters. The van der Waals surface area contributed by atoms with E-state index in [1.165, 1.54) is 82.3 Å². The first-order chi connectivity index (χ1) is 17.9. The van der Waals surface area contributed by atoms with E-state index in [-0.39, 0.29) is 11.1 Å². The highest BCUT2D eigenvalue weighted by molar-refractivity contribution is 5.88. The van der Waals surface area contributed by atoms with Gasteiger partial charge >= 0.3 is 6.61 Å². The first-order valence-electron chi connectivity index (χ1n) is 13.9. The predicted molar refractivity (Wildman–Crippen MR) is 143 cm³/mol. The lowest BCUT2D eigenvalue weighted by Crippen LogP contribution is -2.15. The van der Waals surface area contributed by atoms with Crippen molar-refractivity contribution in [3.05, 3.63) is 65.7 Å². The largest absolute Gasteiger partial charge is 0.432 e. The van der Waals surface area contributed by atoms with E-state index in [4.69, 9.17) is 0 Å². The van der Waals surface area contributed by atoms with Crippen molar-refractivity contribution < 1.29 is 22.3 Å². The molecule has 0 atom stereocenters. The van der Waals surface area contributed by atoms with Gasteiger partial charge < -0.3 is 4.74 Å². The normalized spacial score (nSPS) is 18.0. The second-order valence-electron chi connectivity index (χ2n) is 10.6. The molecule has 0 N–H and O–H groups in total. The van der Waals surface area contributed by atoms with Crippen molar-refractivity contribution in [3.8, 4) is 16.9 Å². The van der Waals surface area contributed by atoms with Crippen LogP contribution in [0.3, 0.4) is 0 Å². The summed E-state index contributed by atoms with van der Waals surface area (Å²) in [6, 6.07) is 12.8. The van der Waals surface area contributed by atoms with Crippen LogP contribution in [0, 0.1) is 23.5 Å². The molecule has 1 aliphatic rings. The van der Waals surface area contributed by atoms with Crippen LogP contribution in [0.2, 0.25) is 0 Å². The predicted octanol–water partition coefficient (Wildman–Crippen LogP) is 10.5. The Labute approximate surface area is 218 Å². The quantitative estimate of drug-likeness (QED) is 0.173. The fourth-order valence-electron chi connectivity index (χ4n) is 5.80. The number of hydrogen-bond acceptors (Lipinski definition) is 1. The van der Waals surface area contributed by atoms with Crippen LogP contribution in [0.1, 0.15) is 83.1 Å². The first-order valence-corrected chi connectivity index (χ1v) is 13.9. The molecule has 0 radical (unpaired) electrons. The summed E-state index contributed by atoms with van der Waals surface area (Å²) in [5.41, 5.74) is 1.71. The molecule has 0 aromatic heterocycles. The summed E-state index contributed by atoms with van der Waals surface area (Å²) < 4.78 is 58.4. The van der Waals surface area contributed by atoms with Crippen LogP contribution < -0.4 is 4.74 Å². The maximum absolute atomic E-state index is 15.3. The molecule has 200 valence electrons. The van der Waals surface area contributed by atoms with E-state index in [9.17, 15) is 13.2 Å². The van der Waals surface area contributed by atoms with Gasteiger partial charge in [0.1, 0.15) is 5.82 Å². The second kappa shape index (κ2) is 13.3. The molecule has 1 aliphatic carbocycles. The highest BCUT2D eigenvalue weighted by Crippen LogP contribution is 2.35. The lowest BCUT2D eigenvalue weighted by atomic mass is 9.77. The summed E-state index contributed by atoms with van der Waals surface area (Å²) in [6.45, 7) is -0.857.